The van der Waals surface area contributed by atoms with Gasteiger partial charge in [0, 0.05) is 31.5 Å². The molecule has 218 valence electrons. The number of unbranched alkanes of at least 4 members (excludes halogenated alkanes) is 2. The van der Waals surface area contributed by atoms with Crippen LogP contribution < -0.4 is 11.3 Å². The lowest BCUT2D eigenvalue weighted by atomic mass is 10.0. The van der Waals surface area contributed by atoms with Crippen molar-refractivity contribution in [3.8, 4) is 11.4 Å². The molecule has 1 aromatic carbocycles. The van der Waals surface area contributed by atoms with Gasteiger partial charge in [-0.15, -0.1) is 0 Å². The molecule has 0 amide bonds. The van der Waals surface area contributed by atoms with Crippen LogP contribution in [0.15, 0.2) is 41.7 Å². The summed E-state index contributed by atoms with van der Waals surface area (Å²) in [5, 5.41) is 4.74. The average Bonchev–Trinajstić information content (AvgIpc) is 2.93. The third-order valence-electron chi connectivity index (χ3n) is 5.45. The summed E-state index contributed by atoms with van der Waals surface area (Å²) in [5.74, 6) is -0.173. The number of aldehydes is 1. The largest absolute Gasteiger partial charge is 0.423 e. The molecule has 0 unspecified atom stereocenters. The first-order chi connectivity index (χ1) is 19.0. The smallest absolute Gasteiger partial charge is 0.397 e. The number of aromatic amines is 1. The standard InChI is InChI=1S/C21H26FN3O.C5H4F3N3O.CH3F/c1-4-6-7-9-25(3)10-8-17-11-19(20(22)12-18(17)15-26)21-23-13-16(5-2)14-24-21;6-5(7,8)3-2(9)1-10-11-4(3)12;1-2/h8,10-15H,4-7,9H2,1-3H3;1H,(H3,9,11,12);1H3/b10-8-;;. The maximum Gasteiger partial charge on any atom is 0.423 e. The van der Waals surface area contributed by atoms with Crippen LogP contribution in [-0.2, 0) is 12.6 Å². The van der Waals surface area contributed by atoms with Crippen LogP contribution in [0.1, 0.15) is 60.2 Å². The van der Waals surface area contributed by atoms with Crippen LogP contribution in [0.4, 0.5) is 27.6 Å². The molecular formula is C27H33F5N6O2. The summed E-state index contributed by atoms with van der Waals surface area (Å²) in [6.07, 6.45) is 8.12. The Morgan fingerprint density at radius 2 is 1.70 bits per heavy atom. The second-order valence-electron chi connectivity index (χ2n) is 8.38. The number of hydrogen-bond donors (Lipinski definition) is 2. The quantitative estimate of drug-likeness (QED) is 0.193. The summed E-state index contributed by atoms with van der Waals surface area (Å²) in [5.41, 5.74) is 3.75. The third kappa shape index (κ3) is 10.2. The highest BCUT2D eigenvalue weighted by atomic mass is 19.4. The number of hydrogen-bond acceptors (Lipinski definition) is 7. The molecule has 2 aromatic heterocycles. The van der Waals surface area contributed by atoms with Gasteiger partial charge in [0.2, 0.25) is 0 Å². The van der Waals surface area contributed by atoms with Crippen LogP contribution in [-0.4, -0.2) is 52.1 Å². The summed E-state index contributed by atoms with van der Waals surface area (Å²) in [6.45, 7) is 5.12. The maximum absolute atomic E-state index is 14.4. The van der Waals surface area contributed by atoms with Crippen molar-refractivity contribution in [1.82, 2.24) is 25.1 Å². The lowest BCUT2D eigenvalue weighted by molar-refractivity contribution is -0.138. The lowest BCUT2D eigenvalue weighted by Crippen LogP contribution is -2.24. The van der Waals surface area contributed by atoms with E-state index in [0.29, 0.717) is 36.0 Å². The average molecular weight is 569 g/mol. The Bertz CT molecular complexity index is 1290. The molecule has 0 saturated carbocycles. The number of nitrogens with zero attached hydrogens (tertiary/aromatic N) is 4. The number of carbonyl (C=O) groups excluding carboxylic acids is 1. The number of anilines is 1. The molecule has 3 aromatic rings. The second-order valence-corrected chi connectivity index (χ2v) is 8.38. The fraction of sp³-hybridized carbons (Fsp3) is 0.370. The molecule has 40 heavy (non-hydrogen) atoms. The highest BCUT2D eigenvalue weighted by molar-refractivity contribution is 5.84. The summed E-state index contributed by atoms with van der Waals surface area (Å²) >= 11 is 0. The van der Waals surface area contributed by atoms with Gasteiger partial charge in [0.25, 0.3) is 5.56 Å². The Balaban J connectivity index is 0.000000477. The first-order valence-electron chi connectivity index (χ1n) is 12.3. The van der Waals surface area contributed by atoms with Crippen molar-refractivity contribution < 1.29 is 26.7 Å². The number of H-pyrrole nitrogens is 1. The molecule has 0 saturated heterocycles. The predicted octanol–water partition coefficient (Wildman–Crippen LogP) is 5.71. The molecule has 3 rings (SSSR count). The highest BCUT2D eigenvalue weighted by Gasteiger charge is 2.36. The van der Waals surface area contributed by atoms with E-state index in [1.165, 1.54) is 18.9 Å². The number of aromatic nitrogens is 4. The zero-order valence-electron chi connectivity index (χ0n) is 22.7. The molecule has 0 radical (unpaired) electrons. The first kappa shape index (κ1) is 33.9. The number of rotatable bonds is 9. The van der Waals surface area contributed by atoms with Gasteiger partial charge in [0.05, 0.1) is 24.6 Å². The van der Waals surface area contributed by atoms with Gasteiger partial charge in [-0.25, -0.2) is 19.5 Å². The minimum absolute atomic E-state index is 0.298. The first-order valence-corrected chi connectivity index (χ1v) is 12.3. The van der Waals surface area contributed by atoms with E-state index in [0.717, 1.165) is 31.1 Å². The number of nitrogen functional groups attached to an aromatic ring is 1. The molecule has 0 aliphatic rings. The third-order valence-corrected chi connectivity index (χ3v) is 5.45. The van der Waals surface area contributed by atoms with Gasteiger partial charge in [-0.1, -0.05) is 26.7 Å². The lowest BCUT2D eigenvalue weighted by Gasteiger charge is -2.13. The highest BCUT2D eigenvalue weighted by Crippen LogP contribution is 2.29. The zero-order valence-corrected chi connectivity index (χ0v) is 22.7. The Morgan fingerprint density at radius 3 is 2.20 bits per heavy atom. The summed E-state index contributed by atoms with van der Waals surface area (Å²) in [6, 6.07) is 2.88. The van der Waals surface area contributed by atoms with E-state index in [-0.39, 0.29) is 0 Å². The van der Waals surface area contributed by atoms with E-state index in [1.54, 1.807) is 23.6 Å². The van der Waals surface area contributed by atoms with Crippen molar-refractivity contribution in [1.29, 1.82) is 0 Å². The van der Waals surface area contributed by atoms with Crippen molar-refractivity contribution in [2.45, 2.75) is 45.7 Å². The van der Waals surface area contributed by atoms with Crippen LogP contribution in [0.5, 0.6) is 0 Å². The molecule has 0 aliphatic carbocycles. The van der Waals surface area contributed by atoms with E-state index in [9.17, 15) is 31.5 Å². The van der Waals surface area contributed by atoms with Crippen molar-refractivity contribution in [3.63, 3.8) is 0 Å². The van der Waals surface area contributed by atoms with Crippen molar-refractivity contribution in [3.05, 3.63) is 75.3 Å². The van der Waals surface area contributed by atoms with Gasteiger partial charge < -0.3 is 10.6 Å². The normalized spacial score (nSPS) is 10.8. The summed E-state index contributed by atoms with van der Waals surface area (Å²) in [7, 11) is 2.49. The number of benzene rings is 1. The predicted molar refractivity (Wildman–Crippen MR) is 145 cm³/mol. The van der Waals surface area contributed by atoms with Crippen LogP contribution in [0.25, 0.3) is 17.5 Å². The molecule has 0 spiro atoms. The van der Waals surface area contributed by atoms with E-state index < -0.39 is 28.8 Å². The molecule has 2 heterocycles. The van der Waals surface area contributed by atoms with Crippen LogP contribution in [0.2, 0.25) is 0 Å². The fourth-order valence-corrected chi connectivity index (χ4v) is 3.30. The van der Waals surface area contributed by atoms with Crippen molar-refractivity contribution in [2.75, 3.05) is 26.5 Å². The molecular weight excluding hydrogens is 535 g/mol. The van der Waals surface area contributed by atoms with Gasteiger partial charge in [0.1, 0.15) is 11.4 Å². The minimum atomic E-state index is -4.74. The molecule has 0 bridgehead atoms. The van der Waals surface area contributed by atoms with E-state index in [2.05, 4.69) is 26.9 Å². The van der Waals surface area contributed by atoms with Gasteiger partial charge >= 0.3 is 6.18 Å². The molecule has 3 N–H and O–H groups in total. The van der Waals surface area contributed by atoms with Crippen LogP contribution in [0.3, 0.4) is 0 Å². The van der Waals surface area contributed by atoms with Gasteiger partial charge in [-0.05, 0) is 48.4 Å². The van der Waals surface area contributed by atoms with E-state index in [1.807, 2.05) is 26.2 Å². The Morgan fingerprint density at radius 1 is 1.05 bits per heavy atom. The SMILES string of the molecule is CCCCCN(C)/C=C\c1cc(-c2ncc(CC)cn2)c(F)cc1C=O.CF.Nc1cn[nH]c(=O)c1C(F)(F)F. The number of aryl methyl sites for hydroxylation is 1. The monoisotopic (exact) mass is 568 g/mol. The zero-order chi connectivity index (χ0) is 30.3. The van der Waals surface area contributed by atoms with Crippen molar-refractivity contribution >= 4 is 18.0 Å². The molecule has 0 aliphatic heterocycles. The second kappa shape index (κ2) is 16.7. The Hall–Kier alpha value is -4.16. The van der Waals surface area contributed by atoms with Gasteiger partial charge in [-0.3, -0.25) is 14.0 Å². The van der Waals surface area contributed by atoms with Crippen molar-refractivity contribution in [2.24, 2.45) is 0 Å². The minimum Gasteiger partial charge on any atom is -0.397 e. The Labute approximate surface area is 229 Å². The molecule has 0 fully saturated rings. The van der Waals surface area contributed by atoms with Crippen LogP contribution in [0, 0.1) is 5.82 Å². The molecule has 13 heteroatoms. The van der Waals surface area contributed by atoms with E-state index in [4.69, 9.17) is 5.73 Å². The number of alkyl halides is 4. The summed E-state index contributed by atoms with van der Waals surface area (Å²) < 4.78 is 59.9. The number of halogens is 5. The number of nitrogens with two attached hydrogens (primary N) is 1. The van der Waals surface area contributed by atoms with Gasteiger partial charge in [0.15, 0.2) is 12.1 Å². The fourth-order valence-electron chi connectivity index (χ4n) is 3.30. The number of nitrogens with one attached hydrogen (secondary N) is 1. The molecule has 0 atom stereocenters. The topological polar surface area (TPSA) is 118 Å². The van der Waals surface area contributed by atoms with E-state index >= 15 is 0 Å². The molecule has 8 nitrogen and oxygen atoms in total. The van der Waals surface area contributed by atoms with Crippen LogP contribution >= 0.6 is 0 Å². The summed E-state index contributed by atoms with van der Waals surface area (Å²) in [4.78, 5) is 32.5. The van der Waals surface area contributed by atoms with Gasteiger partial charge in [-0.2, -0.15) is 18.3 Å². The maximum atomic E-state index is 14.4. The Kier molecular flexibility index (Phi) is 14.2. The number of carbonyl (C=O) groups is 1.